The number of halogens is 3. The van der Waals surface area contributed by atoms with Crippen molar-refractivity contribution in [1.29, 1.82) is 0 Å². The summed E-state index contributed by atoms with van der Waals surface area (Å²) in [6.07, 6.45) is 35.5. The van der Waals surface area contributed by atoms with Gasteiger partial charge < -0.3 is 37.6 Å². The van der Waals surface area contributed by atoms with E-state index in [1.54, 1.807) is 45.3 Å². The van der Waals surface area contributed by atoms with Gasteiger partial charge in [-0.2, -0.15) is 17.5 Å². The maximum atomic E-state index is 13.0. The number of thiophene rings is 4. The second kappa shape index (κ2) is 38.2. The minimum absolute atomic E-state index is 0. The number of aryl methyl sites for hydroxylation is 2. The number of fused-ring (bicyclic) bond motifs is 8. The van der Waals surface area contributed by atoms with Gasteiger partial charge in [0.2, 0.25) is 0 Å². The Labute approximate surface area is 750 Å². The summed E-state index contributed by atoms with van der Waals surface area (Å²) in [5, 5.41) is 0. The quantitative estimate of drug-likeness (QED) is 0.0193. The van der Waals surface area contributed by atoms with Crippen molar-refractivity contribution in [2.45, 2.75) is 187 Å². The van der Waals surface area contributed by atoms with E-state index in [0.717, 1.165) is 144 Å². The molecule has 0 bridgehead atoms. The molecule has 0 atom stereocenters. The second-order valence-corrected chi connectivity index (χ2v) is 40.0. The molecule has 27 heteroatoms. The molecule has 12 aromatic rings. The van der Waals surface area contributed by atoms with Crippen LogP contribution in [-0.2, 0) is 67.6 Å². The van der Waals surface area contributed by atoms with Gasteiger partial charge in [-0.1, -0.05) is 155 Å². The van der Waals surface area contributed by atoms with E-state index >= 15 is 0 Å². The number of nitrogens with zero attached hydrogens (tertiary/aromatic N) is 4. The van der Waals surface area contributed by atoms with Crippen LogP contribution in [0.15, 0.2) is 153 Å². The van der Waals surface area contributed by atoms with Crippen LogP contribution in [0.5, 0.6) is 0 Å². The molecule has 16 nitrogen and oxygen atoms in total. The molecule has 0 N–H and O–H groups in total. The van der Waals surface area contributed by atoms with Crippen molar-refractivity contribution in [1.82, 2.24) is 17.5 Å². The SMILES string of the molecule is Brc1ccc(-c2ccc(-c3ccc(Br)s3)c3nsnc23)s1.C.C#COC(=O)CC1(CC(=O)OC#C)c2cc(C)ccc2-c2ccc(-c3ccc(-c4ccc(-c5ccc(C)s5)c5nsnc45)s3)cc21.C#COC(=O)CCCCCC1(CCCCCC(=O)OC#C)c2cc(B3OC(C)(C)C(C)(C)O3)ccc2-c2ccc(B3OC(C)(C)C(C)(C)O3)cc21.[2H]CF. The molecule has 0 amide bonds. The molecule has 2 aliphatic heterocycles. The largest absolute Gasteiger partial charge is 0.494 e. The minimum Gasteiger partial charge on any atom is -0.399 e. The summed E-state index contributed by atoms with van der Waals surface area (Å²) in [5.74, 6) is -2.01. The number of terminal acetylenes is 4. The highest BCUT2D eigenvalue weighted by Gasteiger charge is 2.55. The zero-order valence-electron chi connectivity index (χ0n) is 68.8. The Hall–Kier alpha value is -9.26. The molecule has 2 saturated heterocycles. The number of rotatable bonds is 23. The lowest BCUT2D eigenvalue weighted by atomic mass is 9.67. The molecule has 2 fully saturated rings. The van der Waals surface area contributed by atoms with Crippen LogP contribution < -0.4 is 10.9 Å². The standard InChI is InChI=1S/C41H52B2O8.C37H24N2O4S3.C14H6Br2N2S3.CH3F.CH4/c1-11-46-35(44)19-15-13-17-25-41(26-18-14-16-20-36(45)47-12-2)33-27-29(42-48-37(3,4)38(5,6)49-42)21-23-31(33)32-24-22-30(28-34(32)41)43-50-39(7,8)40(9,10)51-43;1-5-42-33(40)19-37(20-34(41)43-6-2)28-17-21(3)7-10-24(28)25-11-9-23(18-29(25)37)30-15-16-32(45-30)27-13-12-26(31-14-8-22(4)44-31)35-36(27)39-46-38-35;15-11-5-3-9(19-11)7-1-2-8(10-4-6-12(16)20-10)14-13(7)17-21-18-14;1-2;/h1-2,21-24,27-28H,13-20,25-26H2,3-10H3;1-2,7-18H,19-20H2,3-4H3;1-6H;1H3;1H4/i;;;1D;. The van der Waals surface area contributed by atoms with E-state index < -0.39 is 61.1 Å². The van der Waals surface area contributed by atoms with Gasteiger partial charge in [-0.25, -0.2) is 0 Å². The molecule has 4 aliphatic rings. The summed E-state index contributed by atoms with van der Waals surface area (Å²) in [6, 6.07) is 50.7. The first kappa shape index (κ1) is 89.5. The summed E-state index contributed by atoms with van der Waals surface area (Å²) >= 11 is 16.3. The summed E-state index contributed by atoms with van der Waals surface area (Å²) in [7, 11) is -2.02. The van der Waals surface area contributed by atoms with E-state index in [4.69, 9.17) is 64.6 Å². The van der Waals surface area contributed by atoms with Crippen LogP contribution in [0, 0.1) is 64.0 Å². The molecule has 620 valence electrons. The van der Waals surface area contributed by atoms with E-state index in [1.807, 2.05) is 55.6 Å². The minimum atomic E-state index is -1.09. The third kappa shape index (κ3) is 19.0. The van der Waals surface area contributed by atoms with Gasteiger partial charge in [0.05, 0.1) is 74.8 Å². The normalized spacial score (nSPS) is 15.3. The Morgan fingerprint density at radius 2 is 0.760 bits per heavy atom. The zero-order chi connectivity index (χ0) is 86.3. The lowest BCUT2D eigenvalue weighted by Crippen LogP contribution is -2.41. The topological polar surface area (TPSA) is 194 Å². The van der Waals surface area contributed by atoms with Crippen LogP contribution >= 0.6 is 101 Å². The fourth-order valence-corrected chi connectivity index (χ4v) is 21.9. The molecule has 16 rings (SSSR count). The molecule has 0 unspecified atom stereocenters. The Morgan fingerprint density at radius 1 is 0.421 bits per heavy atom. The summed E-state index contributed by atoms with van der Waals surface area (Å²) in [6.45, 7) is 20.6. The van der Waals surface area contributed by atoms with Crippen molar-refractivity contribution in [3.63, 3.8) is 0 Å². The van der Waals surface area contributed by atoms with Gasteiger partial charge in [0.25, 0.3) is 0 Å². The van der Waals surface area contributed by atoms with E-state index in [2.05, 4.69) is 233 Å². The molecule has 2 aliphatic carbocycles. The van der Waals surface area contributed by atoms with Crippen molar-refractivity contribution < 1.29 is 62.5 Å². The highest BCUT2D eigenvalue weighted by atomic mass is 79.9. The van der Waals surface area contributed by atoms with E-state index in [0.29, 0.717) is 12.8 Å². The predicted molar refractivity (Wildman–Crippen MR) is 498 cm³/mol. The number of carbonyl (C=O) groups is 4. The number of benzene rings is 6. The first-order chi connectivity index (χ1) is 57.9. The second-order valence-electron chi connectivity index (χ2n) is 31.6. The third-order valence-corrected chi connectivity index (χ3v) is 29.8. The van der Waals surface area contributed by atoms with Gasteiger partial charge in [0.1, 0.15) is 46.5 Å². The van der Waals surface area contributed by atoms with Gasteiger partial charge in [-0.05, 0) is 242 Å². The Kier molecular flexibility index (Phi) is 28.3. The predicted octanol–water partition coefficient (Wildman–Crippen LogP) is 23.4. The maximum absolute atomic E-state index is 13.0. The molecular formula is C94H89B2Br2FN4O12S6. The number of ether oxygens (including phenoxy) is 4. The summed E-state index contributed by atoms with van der Waals surface area (Å²) in [5.41, 5.74) is 17.0. The Morgan fingerprint density at radius 3 is 1.15 bits per heavy atom. The summed E-state index contributed by atoms with van der Waals surface area (Å²) < 4.78 is 81.5. The van der Waals surface area contributed by atoms with E-state index in [-0.39, 0.29) is 50.5 Å². The highest BCUT2D eigenvalue weighted by Crippen LogP contribution is 2.57. The Balaban J connectivity index is 0.000000175. The average molecular weight is 1860 g/mol. The van der Waals surface area contributed by atoms with Crippen molar-refractivity contribution in [2.75, 3.05) is 7.15 Å². The third-order valence-electron chi connectivity index (χ3n) is 23.2. The zero-order valence-corrected chi connectivity index (χ0v) is 75.9. The number of hydrogen-bond acceptors (Lipinski definition) is 22. The fourth-order valence-electron chi connectivity index (χ4n) is 16.0. The van der Waals surface area contributed by atoms with Crippen molar-refractivity contribution in [2.24, 2.45) is 0 Å². The first-order valence-electron chi connectivity index (χ1n) is 39.5. The van der Waals surface area contributed by atoms with Crippen LogP contribution in [0.25, 0.3) is 96.5 Å². The summed E-state index contributed by atoms with van der Waals surface area (Å²) in [4.78, 5) is 56.9. The van der Waals surface area contributed by atoms with Crippen LogP contribution in [-0.4, -0.2) is 85.2 Å². The molecule has 6 aromatic carbocycles. The first-order valence-corrected chi connectivity index (χ1v) is 45.2. The van der Waals surface area contributed by atoms with Gasteiger partial charge in [0.15, 0.2) is 0 Å². The van der Waals surface area contributed by atoms with Crippen LogP contribution in [0.2, 0.25) is 0 Å². The number of carbonyl (C=O) groups excluding carboxylic acids is 4. The van der Waals surface area contributed by atoms with Crippen molar-refractivity contribution in [3.05, 3.63) is 186 Å². The maximum Gasteiger partial charge on any atom is 0.494 e. The highest BCUT2D eigenvalue weighted by molar-refractivity contribution is 9.11. The molecule has 0 spiro atoms. The van der Waals surface area contributed by atoms with Crippen molar-refractivity contribution >= 4 is 172 Å². The number of hydrogen-bond donors (Lipinski definition) is 0. The smallest absolute Gasteiger partial charge is 0.399 e. The van der Waals surface area contributed by atoms with Gasteiger partial charge in [-0.3, -0.25) is 23.6 Å². The van der Waals surface area contributed by atoms with Gasteiger partial charge >= 0.3 is 38.1 Å². The number of alkyl halides is 1. The molecule has 0 saturated carbocycles. The van der Waals surface area contributed by atoms with Crippen molar-refractivity contribution in [3.8, 4) is 125 Å². The lowest BCUT2D eigenvalue weighted by Gasteiger charge is -2.33. The molecule has 121 heavy (non-hydrogen) atoms. The number of aromatic nitrogens is 4. The monoisotopic (exact) mass is 1860 g/mol. The molecule has 8 heterocycles. The lowest BCUT2D eigenvalue weighted by molar-refractivity contribution is -0.141. The van der Waals surface area contributed by atoms with Crippen LogP contribution in [0.3, 0.4) is 0 Å². The van der Waals surface area contributed by atoms with Gasteiger partial charge in [0, 0.05) is 75.2 Å². The van der Waals surface area contributed by atoms with E-state index in [9.17, 15) is 23.6 Å². The Bertz CT molecular complexity index is 5830. The fraction of sp³-hybridized carbons (Fsp3) is 0.319. The van der Waals surface area contributed by atoms with Crippen LogP contribution in [0.1, 0.15) is 174 Å². The van der Waals surface area contributed by atoms with Crippen LogP contribution in [0.4, 0.5) is 4.39 Å². The molecule has 0 radical (unpaired) electrons. The molecular weight excluding hydrogens is 1770 g/mol. The van der Waals surface area contributed by atoms with E-state index in [1.165, 1.54) is 65.2 Å². The van der Waals surface area contributed by atoms with Gasteiger partial charge in [-0.15, -0.1) is 45.3 Å². The number of esters is 4. The molecule has 6 aromatic heterocycles. The number of unbranched alkanes of at least 4 members (excludes halogenated alkanes) is 4. The average Bonchev–Trinajstić information content (AvgIpc) is 1.55.